The van der Waals surface area contributed by atoms with Crippen LogP contribution in [0.25, 0.3) is 0 Å². The highest BCUT2D eigenvalue weighted by Gasteiger charge is 2.23. The molecule has 0 bridgehead atoms. The van der Waals surface area contributed by atoms with Crippen molar-refractivity contribution in [2.75, 3.05) is 32.8 Å². The van der Waals surface area contributed by atoms with Crippen LogP contribution in [-0.4, -0.2) is 43.7 Å². The number of nitrogens with zero attached hydrogens (tertiary/aromatic N) is 1. The first-order valence-electron chi connectivity index (χ1n) is 9.51. The topological polar surface area (TPSA) is 41.6 Å². The molecule has 1 N–H and O–H groups in total. The molecule has 1 unspecified atom stereocenters. The number of rotatable bonds is 7. The summed E-state index contributed by atoms with van der Waals surface area (Å²) in [6, 6.07) is 15.0. The van der Waals surface area contributed by atoms with E-state index in [1.54, 1.807) is 6.07 Å². The maximum atomic E-state index is 13.3. The second-order valence-electron chi connectivity index (χ2n) is 7.01. The maximum Gasteiger partial charge on any atom is 0.220 e. The second-order valence-corrected chi connectivity index (χ2v) is 7.01. The molecular weight excluding hydrogens is 343 g/mol. The van der Waals surface area contributed by atoms with Gasteiger partial charge in [-0.25, -0.2) is 4.39 Å². The van der Waals surface area contributed by atoms with Gasteiger partial charge in [-0.05, 0) is 36.6 Å². The Morgan fingerprint density at radius 2 is 1.96 bits per heavy atom. The van der Waals surface area contributed by atoms with Gasteiger partial charge in [0, 0.05) is 26.1 Å². The molecule has 3 rings (SSSR count). The Balaban J connectivity index is 1.59. The zero-order chi connectivity index (χ0) is 19.1. The summed E-state index contributed by atoms with van der Waals surface area (Å²) in [5.74, 6) is -0.273. The molecule has 5 heteroatoms. The summed E-state index contributed by atoms with van der Waals surface area (Å²) in [5, 5.41) is 3.07. The molecule has 0 radical (unpaired) electrons. The van der Waals surface area contributed by atoms with Crippen molar-refractivity contribution in [2.45, 2.75) is 25.8 Å². The molecule has 0 spiro atoms. The minimum absolute atomic E-state index is 0.00910. The van der Waals surface area contributed by atoms with E-state index < -0.39 is 0 Å². The van der Waals surface area contributed by atoms with Crippen molar-refractivity contribution >= 4 is 5.91 Å². The van der Waals surface area contributed by atoms with Gasteiger partial charge in [0.2, 0.25) is 5.91 Å². The van der Waals surface area contributed by atoms with E-state index in [1.165, 1.54) is 23.3 Å². The molecule has 144 valence electrons. The number of nitrogens with one attached hydrogen (secondary N) is 1. The lowest BCUT2D eigenvalue weighted by Crippen LogP contribution is -2.43. The molecule has 1 aliphatic rings. The maximum absolute atomic E-state index is 13.3. The van der Waals surface area contributed by atoms with Crippen molar-refractivity contribution in [3.8, 4) is 0 Å². The third kappa shape index (κ3) is 5.88. The number of benzene rings is 2. The smallest absolute Gasteiger partial charge is 0.220 e. The zero-order valence-electron chi connectivity index (χ0n) is 15.8. The minimum Gasteiger partial charge on any atom is -0.379 e. The highest BCUT2D eigenvalue weighted by Crippen LogP contribution is 2.22. The van der Waals surface area contributed by atoms with Gasteiger partial charge in [0.15, 0.2) is 0 Å². The van der Waals surface area contributed by atoms with Gasteiger partial charge >= 0.3 is 0 Å². The van der Waals surface area contributed by atoms with Gasteiger partial charge in [0.25, 0.3) is 0 Å². The number of aryl methyl sites for hydroxylation is 2. The number of halogens is 1. The Labute approximate surface area is 160 Å². The Morgan fingerprint density at radius 3 is 2.70 bits per heavy atom. The molecule has 1 amide bonds. The second kappa shape index (κ2) is 9.62. The predicted octanol–water partition coefficient (Wildman–Crippen LogP) is 3.26. The molecule has 2 aromatic carbocycles. The third-order valence-electron chi connectivity index (χ3n) is 4.94. The van der Waals surface area contributed by atoms with Crippen LogP contribution >= 0.6 is 0 Å². The van der Waals surface area contributed by atoms with E-state index in [1.807, 2.05) is 6.07 Å². The summed E-state index contributed by atoms with van der Waals surface area (Å²) in [6.45, 7) is 5.80. The normalized spacial score (nSPS) is 16.1. The van der Waals surface area contributed by atoms with Crippen LogP contribution in [0, 0.1) is 12.7 Å². The average Bonchev–Trinajstić information content (AvgIpc) is 2.67. The monoisotopic (exact) mass is 370 g/mol. The summed E-state index contributed by atoms with van der Waals surface area (Å²) < 4.78 is 18.7. The lowest BCUT2D eigenvalue weighted by atomic mass is 10.0. The lowest BCUT2D eigenvalue weighted by molar-refractivity contribution is -0.121. The zero-order valence-corrected chi connectivity index (χ0v) is 15.8. The van der Waals surface area contributed by atoms with Gasteiger partial charge in [0.1, 0.15) is 5.82 Å². The molecule has 0 aliphatic carbocycles. The van der Waals surface area contributed by atoms with E-state index in [2.05, 4.69) is 41.4 Å². The van der Waals surface area contributed by atoms with Gasteiger partial charge in [-0.2, -0.15) is 0 Å². The number of ether oxygens (including phenoxy) is 1. The van der Waals surface area contributed by atoms with E-state index in [-0.39, 0.29) is 17.8 Å². The van der Waals surface area contributed by atoms with Crippen molar-refractivity contribution < 1.29 is 13.9 Å². The Hall–Kier alpha value is -2.24. The summed E-state index contributed by atoms with van der Waals surface area (Å²) in [7, 11) is 0. The van der Waals surface area contributed by atoms with Gasteiger partial charge in [-0.3, -0.25) is 9.69 Å². The standard InChI is InChI=1S/C22H27FN2O2/c1-17-4-2-6-19(14-17)21(25-10-12-27-13-11-25)16-24-22(26)9-8-18-5-3-7-20(23)15-18/h2-7,14-15,21H,8-13,16H2,1H3,(H,24,26). The predicted molar refractivity (Wildman–Crippen MR) is 104 cm³/mol. The van der Waals surface area contributed by atoms with E-state index in [9.17, 15) is 9.18 Å². The van der Waals surface area contributed by atoms with Crippen LogP contribution in [0.15, 0.2) is 48.5 Å². The lowest BCUT2D eigenvalue weighted by Gasteiger charge is -2.35. The number of hydrogen-bond donors (Lipinski definition) is 1. The summed E-state index contributed by atoms with van der Waals surface area (Å²) in [5.41, 5.74) is 3.26. The minimum atomic E-state index is -0.264. The Kier molecular flexibility index (Phi) is 6.96. The third-order valence-corrected chi connectivity index (χ3v) is 4.94. The van der Waals surface area contributed by atoms with Crippen molar-refractivity contribution in [3.63, 3.8) is 0 Å². The molecule has 27 heavy (non-hydrogen) atoms. The molecule has 0 aromatic heterocycles. The molecule has 1 fully saturated rings. The first kappa shape index (κ1) is 19.5. The van der Waals surface area contributed by atoms with Crippen molar-refractivity contribution in [2.24, 2.45) is 0 Å². The summed E-state index contributed by atoms with van der Waals surface area (Å²) >= 11 is 0. The summed E-state index contributed by atoms with van der Waals surface area (Å²) in [4.78, 5) is 14.7. The molecule has 1 heterocycles. The van der Waals surface area contributed by atoms with Crippen LogP contribution in [0.2, 0.25) is 0 Å². The number of amides is 1. The van der Waals surface area contributed by atoms with E-state index >= 15 is 0 Å². The fourth-order valence-electron chi connectivity index (χ4n) is 3.47. The van der Waals surface area contributed by atoms with Gasteiger partial charge in [-0.15, -0.1) is 0 Å². The molecule has 1 saturated heterocycles. The van der Waals surface area contributed by atoms with Crippen LogP contribution < -0.4 is 5.32 Å². The molecule has 2 aromatic rings. The molecule has 0 saturated carbocycles. The number of carbonyl (C=O) groups is 1. The number of carbonyl (C=O) groups excluding carboxylic acids is 1. The SMILES string of the molecule is Cc1cccc(C(CNC(=O)CCc2cccc(F)c2)N2CCOCC2)c1. The fourth-order valence-corrected chi connectivity index (χ4v) is 3.47. The number of morpholine rings is 1. The van der Waals surface area contributed by atoms with Crippen molar-refractivity contribution in [1.29, 1.82) is 0 Å². The molecular formula is C22H27FN2O2. The van der Waals surface area contributed by atoms with Crippen LogP contribution in [0.4, 0.5) is 4.39 Å². The van der Waals surface area contributed by atoms with Crippen molar-refractivity contribution in [1.82, 2.24) is 10.2 Å². The summed E-state index contributed by atoms with van der Waals surface area (Å²) in [6.07, 6.45) is 0.892. The first-order valence-corrected chi connectivity index (χ1v) is 9.51. The van der Waals surface area contributed by atoms with Gasteiger partial charge < -0.3 is 10.1 Å². The quantitative estimate of drug-likeness (QED) is 0.813. The van der Waals surface area contributed by atoms with Crippen LogP contribution in [0.5, 0.6) is 0 Å². The van der Waals surface area contributed by atoms with Crippen molar-refractivity contribution in [3.05, 3.63) is 71.0 Å². The van der Waals surface area contributed by atoms with Crippen LogP contribution in [-0.2, 0) is 16.0 Å². The van der Waals surface area contributed by atoms with Crippen LogP contribution in [0.1, 0.15) is 29.2 Å². The largest absolute Gasteiger partial charge is 0.379 e. The van der Waals surface area contributed by atoms with E-state index in [0.717, 1.165) is 31.9 Å². The molecule has 1 atom stereocenters. The van der Waals surface area contributed by atoms with Gasteiger partial charge in [-0.1, -0.05) is 42.0 Å². The molecule has 1 aliphatic heterocycles. The first-order chi connectivity index (χ1) is 13.1. The number of hydrogen-bond acceptors (Lipinski definition) is 3. The Morgan fingerprint density at radius 1 is 1.19 bits per heavy atom. The average molecular weight is 370 g/mol. The van der Waals surface area contributed by atoms with E-state index in [4.69, 9.17) is 4.74 Å². The highest BCUT2D eigenvalue weighted by molar-refractivity contribution is 5.76. The highest BCUT2D eigenvalue weighted by atomic mass is 19.1. The Bertz CT molecular complexity index is 759. The van der Waals surface area contributed by atoms with Gasteiger partial charge in [0.05, 0.1) is 19.3 Å². The molecule has 4 nitrogen and oxygen atoms in total. The van der Waals surface area contributed by atoms with E-state index in [0.29, 0.717) is 19.4 Å². The van der Waals surface area contributed by atoms with Crippen LogP contribution in [0.3, 0.4) is 0 Å². The fraction of sp³-hybridized carbons (Fsp3) is 0.409.